The third-order valence-corrected chi connectivity index (χ3v) is 5.74. The van der Waals surface area contributed by atoms with Gasteiger partial charge in [0, 0.05) is 5.92 Å². The standard InChI is InChI=1S/C17H22N4OS/c1-11-4-3-5-14-15(11)19-17(23-14)20-16-18-10-13(22-16)12-6-8-21(2)9-7-12/h3-5,12-13H,6-10H2,1-2H3,(H,18,19,20). The number of hydrogen-bond donors (Lipinski definition) is 1. The number of benzene rings is 1. The maximum absolute atomic E-state index is 6.05. The molecule has 2 aliphatic rings. The van der Waals surface area contributed by atoms with Crippen LogP contribution < -0.4 is 5.32 Å². The number of nitrogens with zero attached hydrogens (tertiary/aromatic N) is 3. The monoisotopic (exact) mass is 330 g/mol. The summed E-state index contributed by atoms with van der Waals surface area (Å²) in [4.78, 5) is 11.6. The van der Waals surface area contributed by atoms with Gasteiger partial charge in [-0.1, -0.05) is 23.5 Å². The minimum absolute atomic E-state index is 0.224. The lowest BCUT2D eigenvalue weighted by atomic mass is 9.91. The Hall–Kier alpha value is -1.66. The first-order valence-corrected chi connectivity index (χ1v) is 9.03. The number of para-hydroxylation sites is 1. The summed E-state index contributed by atoms with van der Waals surface area (Å²) in [6, 6.07) is 6.89. The van der Waals surface area contributed by atoms with Crippen LogP contribution in [-0.2, 0) is 4.74 Å². The van der Waals surface area contributed by atoms with Crippen molar-refractivity contribution in [3.8, 4) is 0 Å². The number of aliphatic imine (C=N–C) groups is 1. The number of piperidine rings is 1. The van der Waals surface area contributed by atoms with Crippen molar-refractivity contribution >= 4 is 32.7 Å². The number of anilines is 1. The first-order valence-electron chi connectivity index (χ1n) is 8.22. The normalized spacial score (nSPS) is 23.0. The molecule has 3 heterocycles. The number of fused-ring (bicyclic) bond motifs is 1. The van der Waals surface area contributed by atoms with E-state index < -0.39 is 0 Å². The van der Waals surface area contributed by atoms with Crippen LogP contribution in [0.15, 0.2) is 23.2 Å². The van der Waals surface area contributed by atoms with E-state index in [0.29, 0.717) is 11.9 Å². The van der Waals surface area contributed by atoms with E-state index in [1.807, 2.05) is 0 Å². The molecule has 23 heavy (non-hydrogen) atoms. The Morgan fingerprint density at radius 2 is 2.13 bits per heavy atom. The second-order valence-electron chi connectivity index (χ2n) is 6.51. The molecule has 0 spiro atoms. The van der Waals surface area contributed by atoms with Gasteiger partial charge in [-0.2, -0.15) is 0 Å². The lowest BCUT2D eigenvalue weighted by Crippen LogP contribution is -2.37. The zero-order valence-electron chi connectivity index (χ0n) is 13.6. The second-order valence-corrected chi connectivity index (χ2v) is 7.54. The van der Waals surface area contributed by atoms with E-state index in [9.17, 15) is 0 Å². The predicted molar refractivity (Wildman–Crippen MR) is 95.4 cm³/mol. The molecule has 1 N–H and O–H groups in total. The fourth-order valence-electron chi connectivity index (χ4n) is 3.34. The van der Waals surface area contributed by atoms with Crippen molar-refractivity contribution < 1.29 is 4.74 Å². The number of ether oxygens (including phenoxy) is 1. The van der Waals surface area contributed by atoms with Gasteiger partial charge in [0.05, 0.1) is 16.8 Å². The van der Waals surface area contributed by atoms with Crippen LogP contribution in [0.25, 0.3) is 10.2 Å². The second kappa shape index (κ2) is 6.09. The summed E-state index contributed by atoms with van der Waals surface area (Å²) in [7, 11) is 2.18. The third kappa shape index (κ3) is 3.05. The molecular weight excluding hydrogens is 308 g/mol. The van der Waals surface area contributed by atoms with Gasteiger partial charge in [-0.3, -0.25) is 5.32 Å². The Labute approximate surface area is 140 Å². The molecule has 0 amide bonds. The maximum atomic E-state index is 6.05. The van der Waals surface area contributed by atoms with Gasteiger partial charge in [0.15, 0.2) is 5.13 Å². The molecule has 6 heteroatoms. The van der Waals surface area contributed by atoms with Crippen LogP contribution in [0.4, 0.5) is 5.13 Å². The van der Waals surface area contributed by atoms with Gasteiger partial charge < -0.3 is 9.64 Å². The summed E-state index contributed by atoms with van der Waals surface area (Å²) >= 11 is 1.65. The largest absolute Gasteiger partial charge is 0.459 e. The number of likely N-dealkylation sites (tertiary alicyclic amines) is 1. The molecule has 1 aromatic heterocycles. The molecule has 1 fully saturated rings. The molecule has 1 unspecified atom stereocenters. The van der Waals surface area contributed by atoms with Crippen molar-refractivity contribution in [2.24, 2.45) is 10.9 Å². The number of rotatable bonds is 2. The summed E-state index contributed by atoms with van der Waals surface area (Å²) in [6.07, 6.45) is 2.62. The number of aromatic nitrogens is 1. The SMILES string of the molecule is Cc1cccc2sc(NC3=NCC(C4CCN(C)CC4)O3)nc12. The zero-order valence-corrected chi connectivity index (χ0v) is 14.4. The summed E-state index contributed by atoms with van der Waals surface area (Å²) < 4.78 is 7.25. The van der Waals surface area contributed by atoms with Crippen LogP contribution in [-0.4, -0.2) is 48.7 Å². The Morgan fingerprint density at radius 3 is 2.91 bits per heavy atom. The van der Waals surface area contributed by atoms with Crippen molar-refractivity contribution in [3.05, 3.63) is 23.8 Å². The molecule has 0 aliphatic carbocycles. The van der Waals surface area contributed by atoms with E-state index in [-0.39, 0.29) is 6.10 Å². The Morgan fingerprint density at radius 1 is 1.30 bits per heavy atom. The molecule has 1 saturated heterocycles. The molecule has 1 atom stereocenters. The van der Waals surface area contributed by atoms with Gasteiger partial charge in [-0.05, 0) is 51.5 Å². The summed E-state index contributed by atoms with van der Waals surface area (Å²) in [6.45, 7) is 5.17. The van der Waals surface area contributed by atoms with Crippen LogP contribution in [0.2, 0.25) is 0 Å². The van der Waals surface area contributed by atoms with Crippen molar-refractivity contribution in [2.45, 2.75) is 25.9 Å². The van der Waals surface area contributed by atoms with Crippen molar-refractivity contribution in [3.63, 3.8) is 0 Å². The van der Waals surface area contributed by atoms with Crippen molar-refractivity contribution in [1.82, 2.24) is 9.88 Å². The summed E-state index contributed by atoms with van der Waals surface area (Å²) in [5.41, 5.74) is 2.26. The van der Waals surface area contributed by atoms with Crippen LogP contribution in [0.5, 0.6) is 0 Å². The lowest BCUT2D eigenvalue weighted by Gasteiger charge is -2.31. The first-order chi connectivity index (χ1) is 11.2. The molecule has 2 aromatic rings. The molecule has 0 saturated carbocycles. The highest BCUT2D eigenvalue weighted by molar-refractivity contribution is 7.22. The average molecular weight is 330 g/mol. The molecule has 0 radical (unpaired) electrons. The van der Waals surface area contributed by atoms with Gasteiger partial charge in [0.1, 0.15) is 6.10 Å². The van der Waals surface area contributed by atoms with Gasteiger partial charge in [0.25, 0.3) is 6.02 Å². The molecule has 0 bridgehead atoms. The minimum atomic E-state index is 0.224. The molecule has 2 aliphatic heterocycles. The smallest absolute Gasteiger partial charge is 0.291 e. The highest BCUT2D eigenvalue weighted by atomic mass is 32.1. The van der Waals surface area contributed by atoms with Crippen LogP contribution >= 0.6 is 11.3 Å². The lowest BCUT2D eigenvalue weighted by molar-refractivity contribution is 0.0970. The van der Waals surface area contributed by atoms with Crippen molar-refractivity contribution in [1.29, 1.82) is 0 Å². The Balaban J connectivity index is 1.40. The average Bonchev–Trinajstić information content (AvgIpc) is 3.16. The predicted octanol–water partition coefficient (Wildman–Crippen LogP) is 3.11. The third-order valence-electron chi connectivity index (χ3n) is 4.80. The highest BCUT2D eigenvalue weighted by Crippen LogP contribution is 2.29. The fraction of sp³-hybridized carbons (Fsp3) is 0.529. The molecule has 122 valence electrons. The first kappa shape index (κ1) is 14.9. The quantitative estimate of drug-likeness (QED) is 0.919. The molecular formula is C17H22N4OS. The van der Waals surface area contributed by atoms with E-state index in [0.717, 1.165) is 30.3 Å². The molecule has 1 aromatic carbocycles. The number of hydrogen-bond acceptors (Lipinski definition) is 6. The molecule has 4 rings (SSSR count). The Bertz CT molecular complexity index is 733. The fourth-order valence-corrected chi connectivity index (χ4v) is 4.27. The van der Waals surface area contributed by atoms with Gasteiger partial charge in [-0.25, -0.2) is 9.98 Å². The summed E-state index contributed by atoms with van der Waals surface area (Å²) in [5.74, 6) is 0.617. The van der Waals surface area contributed by atoms with E-state index in [1.165, 1.54) is 23.1 Å². The minimum Gasteiger partial charge on any atom is -0.459 e. The Kier molecular flexibility index (Phi) is 3.95. The topological polar surface area (TPSA) is 49.8 Å². The zero-order chi connectivity index (χ0) is 15.8. The molecule has 5 nitrogen and oxygen atoms in total. The number of amidine groups is 1. The van der Waals surface area contributed by atoms with Crippen molar-refractivity contribution in [2.75, 3.05) is 32.0 Å². The number of aryl methyl sites for hydroxylation is 1. The summed E-state index contributed by atoms with van der Waals surface area (Å²) in [5, 5.41) is 4.12. The van der Waals surface area contributed by atoms with E-state index >= 15 is 0 Å². The number of nitrogens with one attached hydrogen (secondary N) is 1. The van der Waals surface area contributed by atoms with E-state index in [4.69, 9.17) is 4.74 Å². The maximum Gasteiger partial charge on any atom is 0.291 e. The van der Waals surface area contributed by atoms with E-state index in [1.54, 1.807) is 11.3 Å². The van der Waals surface area contributed by atoms with Gasteiger partial charge >= 0.3 is 0 Å². The van der Waals surface area contributed by atoms with Gasteiger partial charge in [0.2, 0.25) is 0 Å². The number of thiazole rings is 1. The van der Waals surface area contributed by atoms with Crippen LogP contribution in [0.1, 0.15) is 18.4 Å². The highest BCUT2D eigenvalue weighted by Gasteiger charge is 2.31. The van der Waals surface area contributed by atoms with Gasteiger partial charge in [-0.15, -0.1) is 0 Å². The van der Waals surface area contributed by atoms with Crippen LogP contribution in [0.3, 0.4) is 0 Å². The van der Waals surface area contributed by atoms with E-state index in [2.05, 4.69) is 52.4 Å². The van der Waals surface area contributed by atoms with Crippen LogP contribution in [0, 0.1) is 12.8 Å².